The lowest BCUT2D eigenvalue weighted by Gasteiger charge is -2.35. The lowest BCUT2D eigenvalue weighted by Crippen LogP contribution is -2.32. The summed E-state index contributed by atoms with van der Waals surface area (Å²) in [6.45, 7) is 2.77. The lowest BCUT2D eigenvalue weighted by atomic mass is 9.85. The van der Waals surface area contributed by atoms with Crippen LogP contribution in [-0.2, 0) is 16.8 Å². The zero-order valence-corrected chi connectivity index (χ0v) is 11.1. The molecule has 0 aromatic carbocycles. The summed E-state index contributed by atoms with van der Waals surface area (Å²) in [6.07, 6.45) is 6.27. The average molecular weight is 250 g/mol. The van der Waals surface area contributed by atoms with Crippen LogP contribution in [0.3, 0.4) is 0 Å². The minimum absolute atomic E-state index is 0.161. The van der Waals surface area contributed by atoms with Gasteiger partial charge in [0.25, 0.3) is 0 Å². The Labute approximate surface area is 106 Å². The van der Waals surface area contributed by atoms with Crippen LogP contribution in [0.25, 0.3) is 0 Å². The number of nitrogens with zero attached hydrogens (tertiary/aromatic N) is 2. The van der Waals surface area contributed by atoms with Crippen LogP contribution in [0, 0.1) is 11.3 Å². The molecule has 4 heteroatoms. The minimum Gasteiger partial charge on any atom is -0.368 e. The monoisotopic (exact) mass is 250 g/mol. The fourth-order valence-electron chi connectivity index (χ4n) is 2.50. The minimum atomic E-state index is -0.161. The van der Waals surface area contributed by atoms with Crippen molar-refractivity contribution in [3.63, 3.8) is 0 Å². The second-order valence-electron chi connectivity index (χ2n) is 4.47. The van der Waals surface area contributed by atoms with E-state index in [1.807, 2.05) is 12.3 Å². The van der Waals surface area contributed by atoms with Crippen LogP contribution < -0.4 is 0 Å². The molecule has 0 N–H and O–H groups in total. The molecule has 17 heavy (non-hydrogen) atoms. The van der Waals surface area contributed by atoms with Crippen LogP contribution in [-0.4, -0.2) is 11.6 Å². The van der Waals surface area contributed by atoms with Crippen molar-refractivity contribution < 1.29 is 4.74 Å². The number of nitriles is 1. The molecule has 0 atom stereocenters. The molecule has 0 spiro atoms. The average Bonchev–Trinajstić information content (AvgIpc) is 2.80. The van der Waals surface area contributed by atoms with E-state index in [9.17, 15) is 0 Å². The van der Waals surface area contributed by atoms with E-state index in [1.54, 1.807) is 11.3 Å². The zero-order chi connectivity index (χ0) is 12.1. The summed E-state index contributed by atoms with van der Waals surface area (Å²) < 4.78 is 6.01. The molecule has 0 amide bonds. The van der Waals surface area contributed by atoms with E-state index in [0.29, 0.717) is 6.42 Å². The van der Waals surface area contributed by atoms with E-state index in [4.69, 9.17) is 10.00 Å². The topological polar surface area (TPSA) is 45.9 Å². The van der Waals surface area contributed by atoms with Crippen molar-refractivity contribution in [2.24, 2.45) is 0 Å². The van der Waals surface area contributed by atoms with Crippen LogP contribution in [0.2, 0.25) is 0 Å². The molecule has 0 radical (unpaired) electrons. The quantitative estimate of drug-likeness (QED) is 0.822. The second kappa shape index (κ2) is 5.61. The number of thiazole rings is 1. The van der Waals surface area contributed by atoms with Crippen molar-refractivity contribution in [1.82, 2.24) is 4.98 Å². The van der Waals surface area contributed by atoms with E-state index in [-0.39, 0.29) is 5.60 Å². The highest BCUT2D eigenvalue weighted by atomic mass is 32.1. The van der Waals surface area contributed by atoms with Gasteiger partial charge in [0.2, 0.25) is 0 Å². The smallest absolute Gasteiger partial charge is 0.125 e. The molecular weight excluding hydrogens is 232 g/mol. The molecule has 1 aliphatic carbocycles. The molecule has 1 aliphatic rings. The summed E-state index contributed by atoms with van der Waals surface area (Å²) in [5.74, 6) is 0. The summed E-state index contributed by atoms with van der Waals surface area (Å²) in [4.78, 5) is 4.59. The van der Waals surface area contributed by atoms with Gasteiger partial charge in [0.15, 0.2) is 0 Å². The molecule has 1 saturated carbocycles. The van der Waals surface area contributed by atoms with Crippen LogP contribution in [0.1, 0.15) is 49.7 Å². The Hall–Kier alpha value is -0.920. The molecule has 2 rings (SSSR count). The van der Waals surface area contributed by atoms with E-state index >= 15 is 0 Å². The van der Waals surface area contributed by atoms with Crippen LogP contribution in [0.4, 0.5) is 0 Å². The SMILES string of the molecule is CCOC1(c2nc(CC#N)cs2)CCCCC1. The summed E-state index contributed by atoms with van der Waals surface area (Å²) in [5.41, 5.74) is 0.725. The Morgan fingerprint density at radius 1 is 1.47 bits per heavy atom. The van der Waals surface area contributed by atoms with E-state index in [1.165, 1.54) is 19.3 Å². The molecule has 1 fully saturated rings. The Balaban J connectivity index is 2.22. The van der Waals surface area contributed by atoms with Gasteiger partial charge in [0.1, 0.15) is 10.6 Å². The summed E-state index contributed by atoms with van der Waals surface area (Å²) in [6, 6.07) is 2.15. The van der Waals surface area contributed by atoms with Crippen molar-refractivity contribution in [2.75, 3.05) is 6.61 Å². The van der Waals surface area contributed by atoms with Gasteiger partial charge < -0.3 is 4.74 Å². The first-order valence-electron chi connectivity index (χ1n) is 6.26. The van der Waals surface area contributed by atoms with Gasteiger partial charge in [-0.1, -0.05) is 19.3 Å². The molecule has 1 aromatic rings. The molecule has 1 aromatic heterocycles. The third-order valence-corrected chi connectivity index (χ3v) is 4.36. The van der Waals surface area contributed by atoms with E-state index < -0.39 is 0 Å². The first kappa shape index (κ1) is 12.5. The highest BCUT2D eigenvalue weighted by Gasteiger charge is 2.37. The summed E-state index contributed by atoms with van der Waals surface area (Å²) in [7, 11) is 0. The predicted octanol–water partition coefficient (Wildman–Crippen LogP) is 3.41. The predicted molar refractivity (Wildman–Crippen MR) is 67.8 cm³/mol. The van der Waals surface area contributed by atoms with Gasteiger partial charge in [0, 0.05) is 12.0 Å². The number of aromatic nitrogens is 1. The normalized spacial score (nSPS) is 18.8. The second-order valence-corrected chi connectivity index (χ2v) is 5.32. The molecule has 0 aliphatic heterocycles. The van der Waals surface area contributed by atoms with Crippen molar-refractivity contribution in [3.05, 3.63) is 16.1 Å². The van der Waals surface area contributed by atoms with Gasteiger partial charge in [0.05, 0.1) is 18.2 Å². The molecule has 0 saturated heterocycles. The molecule has 0 unspecified atom stereocenters. The van der Waals surface area contributed by atoms with Gasteiger partial charge in [-0.2, -0.15) is 5.26 Å². The van der Waals surface area contributed by atoms with Crippen LogP contribution >= 0.6 is 11.3 Å². The van der Waals surface area contributed by atoms with Gasteiger partial charge >= 0.3 is 0 Å². The van der Waals surface area contributed by atoms with Crippen molar-refractivity contribution in [1.29, 1.82) is 5.26 Å². The van der Waals surface area contributed by atoms with Gasteiger partial charge in [-0.3, -0.25) is 0 Å². The third-order valence-electron chi connectivity index (χ3n) is 3.28. The highest BCUT2D eigenvalue weighted by molar-refractivity contribution is 7.09. The Morgan fingerprint density at radius 2 is 2.24 bits per heavy atom. The summed E-state index contributed by atoms with van der Waals surface area (Å²) >= 11 is 1.65. The molecule has 0 bridgehead atoms. The van der Waals surface area contributed by atoms with Crippen molar-refractivity contribution >= 4 is 11.3 Å². The molecule has 3 nitrogen and oxygen atoms in total. The maximum atomic E-state index is 8.69. The maximum absolute atomic E-state index is 8.69. The summed E-state index contributed by atoms with van der Waals surface area (Å²) in [5, 5.41) is 11.8. The fraction of sp³-hybridized carbons (Fsp3) is 0.692. The highest BCUT2D eigenvalue weighted by Crippen LogP contribution is 2.41. The maximum Gasteiger partial charge on any atom is 0.125 e. The standard InChI is InChI=1S/C13H18N2OS/c1-2-16-13(7-4-3-5-8-13)12-15-11(6-9-14)10-17-12/h10H,2-8H2,1H3. The first-order chi connectivity index (χ1) is 8.30. The fourth-order valence-corrected chi connectivity index (χ4v) is 3.53. The molecule has 92 valence electrons. The number of hydrogen-bond acceptors (Lipinski definition) is 4. The van der Waals surface area contributed by atoms with E-state index in [2.05, 4.69) is 11.1 Å². The molecule has 1 heterocycles. The molecular formula is C13H18N2OS. The Morgan fingerprint density at radius 3 is 2.88 bits per heavy atom. The van der Waals surface area contributed by atoms with Crippen molar-refractivity contribution in [2.45, 2.75) is 51.0 Å². The van der Waals surface area contributed by atoms with Crippen LogP contribution in [0.15, 0.2) is 5.38 Å². The van der Waals surface area contributed by atoms with Gasteiger partial charge in [-0.05, 0) is 19.8 Å². The van der Waals surface area contributed by atoms with Gasteiger partial charge in [-0.25, -0.2) is 4.98 Å². The van der Waals surface area contributed by atoms with Crippen molar-refractivity contribution in [3.8, 4) is 6.07 Å². The lowest BCUT2D eigenvalue weighted by molar-refractivity contribution is -0.0705. The van der Waals surface area contributed by atoms with Gasteiger partial charge in [-0.15, -0.1) is 11.3 Å². The number of hydrogen-bond donors (Lipinski definition) is 0. The third kappa shape index (κ3) is 2.67. The number of rotatable bonds is 4. The largest absolute Gasteiger partial charge is 0.368 e. The Bertz CT molecular complexity index is 396. The van der Waals surface area contributed by atoms with Crippen LogP contribution in [0.5, 0.6) is 0 Å². The number of ether oxygens (including phenoxy) is 1. The Kier molecular flexibility index (Phi) is 4.14. The van der Waals surface area contributed by atoms with E-state index in [0.717, 1.165) is 30.2 Å². The first-order valence-corrected chi connectivity index (χ1v) is 7.14. The zero-order valence-electron chi connectivity index (χ0n) is 10.2.